The van der Waals surface area contributed by atoms with Crippen LogP contribution in [0.4, 0.5) is 0 Å². The van der Waals surface area contributed by atoms with Crippen LogP contribution < -0.4 is 0 Å². The molecule has 0 fully saturated rings. The van der Waals surface area contributed by atoms with E-state index in [1.54, 1.807) is 0 Å². The Labute approximate surface area is 67.1 Å². The van der Waals surface area contributed by atoms with E-state index in [-0.39, 0.29) is 5.71 Å². The second-order valence-corrected chi connectivity index (χ2v) is 2.22. The molecule has 6 nitrogen and oxygen atoms in total. The van der Waals surface area contributed by atoms with Gasteiger partial charge in [-0.2, -0.15) is 0 Å². The van der Waals surface area contributed by atoms with E-state index in [9.17, 15) is 4.79 Å². The van der Waals surface area contributed by atoms with Gasteiger partial charge in [0.25, 0.3) is 0 Å². The normalized spacial score (nSPS) is 24.8. The highest BCUT2D eigenvalue weighted by atomic mass is 16.4. The summed E-state index contributed by atoms with van der Waals surface area (Å²) in [5.41, 5.74) is -0.0301. The molecule has 0 saturated heterocycles. The maximum atomic E-state index is 10.6. The minimum absolute atomic E-state index is 0.0301. The third kappa shape index (κ3) is 0.849. The predicted molar refractivity (Wildman–Crippen MR) is 43.3 cm³/mol. The van der Waals surface area contributed by atoms with Gasteiger partial charge in [-0.05, 0) is 0 Å². The van der Waals surface area contributed by atoms with Crippen LogP contribution in [0, 0.1) is 0 Å². The zero-order valence-corrected chi connectivity index (χ0v) is 5.88. The molecule has 12 heavy (non-hydrogen) atoms. The van der Waals surface area contributed by atoms with Crippen LogP contribution in [0.5, 0.6) is 0 Å². The Morgan fingerprint density at radius 1 is 1.42 bits per heavy atom. The number of carboxylic acids is 1. The largest absolute Gasteiger partial charge is 0.477 e. The predicted octanol–water partition coefficient (Wildman–Crippen LogP) is -0.637. The Hall–Kier alpha value is -1.85. The van der Waals surface area contributed by atoms with E-state index in [2.05, 4.69) is 20.0 Å². The topological polar surface area (TPSA) is 86.7 Å². The smallest absolute Gasteiger partial charge is 0.353 e. The fourth-order valence-corrected chi connectivity index (χ4v) is 0.986. The molecule has 0 aliphatic carbocycles. The van der Waals surface area contributed by atoms with Crippen molar-refractivity contribution in [3.63, 3.8) is 0 Å². The van der Waals surface area contributed by atoms with Crippen molar-refractivity contribution in [2.75, 3.05) is 0 Å². The van der Waals surface area contributed by atoms with E-state index in [0.717, 1.165) is 0 Å². The molecule has 0 aromatic heterocycles. The summed E-state index contributed by atoms with van der Waals surface area (Å²) >= 11 is 0. The number of hydrogen-bond donors (Lipinski definition) is 1. The van der Waals surface area contributed by atoms with Crippen molar-refractivity contribution < 1.29 is 9.90 Å². The summed E-state index contributed by atoms with van der Waals surface area (Å²) in [4.78, 5) is 25.5. The zero-order valence-electron chi connectivity index (χ0n) is 5.88. The molecule has 0 aromatic carbocycles. The highest BCUT2D eigenvalue weighted by Crippen LogP contribution is 2.08. The lowest BCUT2D eigenvalue weighted by Gasteiger charge is -2.09. The quantitative estimate of drug-likeness (QED) is 0.558. The molecule has 0 bridgehead atoms. The monoisotopic (exact) mass is 164 g/mol. The van der Waals surface area contributed by atoms with Crippen LogP contribution in [0.1, 0.15) is 0 Å². The first kappa shape index (κ1) is 6.84. The van der Waals surface area contributed by atoms with Gasteiger partial charge in [0.05, 0.1) is 0 Å². The summed E-state index contributed by atoms with van der Waals surface area (Å²) in [5.74, 6) is -0.694. The first-order valence-electron chi connectivity index (χ1n) is 3.22. The minimum Gasteiger partial charge on any atom is -0.477 e. The molecule has 2 rings (SSSR count). The van der Waals surface area contributed by atoms with Gasteiger partial charge in [0, 0.05) is 0 Å². The zero-order chi connectivity index (χ0) is 8.55. The molecule has 0 aromatic rings. The number of fused-ring (bicyclic) bond motifs is 1. The Morgan fingerprint density at radius 2 is 2.25 bits per heavy atom. The molecule has 2 heterocycles. The summed E-state index contributed by atoms with van der Waals surface area (Å²) in [7, 11) is 0. The Morgan fingerprint density at radius 3 is 3.00 bits per heavy atom. The van der Waals surface area contributed by atoms with Crippen molar-refractivity contribution >= 4 is 30.2 Å². The maximum absolute atomic E-state index is 10.6. The van der Waals surface area contributed by atoms with Gasteiger partial charge in [0.2, 0.25) is 0 Å². The van der Waals surface area contributed by atoms with Crippen molar-refractivity contribution in [2.45, 2.75) is 6.04 Å². The van der Waals surface area contributed by atoms with Crippen LogP contribution >= 0.6 is 0 Å². The highest BCUT2D eigenvalue weighted by molar-refractivity contribution is 6.45. The third-order valence-corrected chi connectivity index (χ3v) is 1.52. The molecule has 0 amide bonds. The van der Waals surface area contributed by atoms with E-state index in [4.69, 9.17) is 5.11 Å². The Kier molecular flexibility index (Phi) is 1.33. The van der Waals surface area contributed by atoms with Gasteiger partial charge in [-0.15, -0.1) is 0 Å². The molecule has 1 N–H and O–H groups in total. The van der Waals surface area contributed by atoms with Gasteiger partial charge >= 0.3 is 5.97 Å². The number of rotatable bonds is 1. The van der Waals surface area contributed by atoms with Crippen molar-refractivity contribution in [1.29, 1.82) is 0 Å². The van der Waals surface area contributed by atoms with Gasteiger partial charge in [0.1, 0.15) is 12.7 Å². The fourth-order valence-electron chi connectivity index (χ4n) is 0.986. The Bertz CT molecular complexity index is 353. The van der Waals surface area contributed by atoms with E-state index in [1.165, 1.54) is 12.7 Å². The number of aliphatic imine (C=N–C) groups is 4. The van der Waals surface area contributed by atoms with E-state index in [1.807, 2.05) is 0 Å². The van der Waals surface area contributed by atoms with Gasteiger partial charge in [-0.3, -0.25) is 4.99 Å². The first-order valence-corrected chi connectivity index (χ1v) is 3.22. The van der Waals surface area contributed by atoms with Crippen molar-refractivity contribution in [3.8, 4) is 0 Å². The fraction of sp³-hybridized carbons (Fsp3) is 0.167. The standard InChI is InChI=1S/C6H4N4O2/c11-6(12)4-3-5(9-1-7-3)10-2-8-4/h1-3H,(H,11,12). The summed E-state index contributed by atoms with van der Waals surface area (Å²) in [6, 6.07) is -0.604. The highest BCUT2D eigenvalue weighted by Gasteiger charge is 2.30. The van der Waals surface area contributed by atoms with Crippen LogP contribution in [0.2, 0.25) is 0 Å². The van der Waals surface area contributed by atoms with Crippen molar-refractivity contribution in [1.82, 2.24) is 0 Å². The number of carboxylic acid groups (broad SMARTS) is 1. The number of amidine groups is 1. The SMILES string of the molecule is O=C(O)C1=NC=NC2=NC=NC21. The van der Waals surface area contributed by atoms with Gasteiger partial charge < -0.3 is 5.11 Å². The molecule has 2 aliphatic heterocycles. The molecule has 6 heteroatoms. The number of hydrogen-bond acceptors (Lipinski definition) is 5. The van der Waals surface area contributed by atoms with E-state index in [0.29, 0.717) is 5.84 Å². The molecule has 1 atom stereocenters. The van der Waals surface area contributed by atoms with Crippen LogP contribution in [-0.2, 0) is 4.79 Å². The molecule has 60 valence electrons. The number of nitrogens with zero attached hydrogens (tertiary/aromatic N) is 4. The molecular formula is C6H4N4O2. The number of aliphatic carboxylic acids is 1. The average molecular weight is 164 g/mol. The van der Waals surface area contributed by atoms with Crippen LogP contribution in [-0.4, -0.2) is 41.3 Å². The van der Waals surface area contributed by atoms with Crippen LogP contribution in [0.3, 0.4) is 0 Å². The summed E-state index contributed by atoms with van der Waals surface area (Å²) in [6.45, 7) is 0. The van der Waals surface area contributed by atoms with Gasteiger partial charge in [0.15, 0.2) is 17.6 Å². The molecule has 2 aliphatic rings. The Balaban J connectivity index is 2.41. The van der Waals surface area contributed by atoms with E-state index >= 15 is 0 Å². The van der Waals surface area contributed by atoms with Crippen LogP contribution in [0.15, 0.2) is 20.0 Å². The molecule has 0 spiro atoms. The second kappa shape index (κ2) is 2.33. The average Bonchev–Trinajstić information content (AvgIpc) is 2.49. The summed E-state index contributed by atoms with van der Waals surface area (Å²) in [6.07, 6.45) is 2.47. The van der Waals surface area contributed by atoms with Crippen molar-refractivity contribution in [3.05, 3.63) is 0 Å². The van der Waals surface area contributed by atoms with Gasteiger partial charge in [-0.25, -0.2) is 19.8 Å². The first-order chi connectivity index (χ1) is 5.79. The van der Waals surface area contributed by atoms with E-state index < -0.39 is 12.0 Å². The van der Waals surface area contributed by atoms with Crippen molar-refractivity contribution in [2.24, 2.45) is 20.0 Å². The maximum Gasteiger partial charge on any atom is 0.353 e. The summed E-state index contributed by atoms with van der Waals surface area (Å²) < 4.78 is 0. The lowest BCUT2D eigenvalue weighted by molar-refractivity contribution is -0.129. The summed E-state index contributed by atoms with van der Waals surface area (Å²) in [5, 5.41) is 8.66. The molecular weight excluding hydrogens is 160 g/mol. The molecule has 1 unspecified atom stereocenters. The lowest BCUT2D eigenvalue weighted by atomic mass is 10.1. The van der Waals surface area contributed by atoms with Crippen LogP contribution in [0.25, 0.3) is 0 Å². The second-order valence-electron chi connectivity index (χ2n) is 2.22. The molecule has 0 saturated carbocycles. The molecule has 0 radical (unpaired) electrons. The third-order valence-electron chi connectivity index (χ3n) is 1.52. The van der Waals surface area contributed by atoms with Gasteiger partial charge in [-0.1, -0.05) is 0 Å². The number of carbonyl (C=O) groups is 1. The lowest BCUT2D eigenvalue weighted by Crippen LogP contribution is -2.33. The minimum atomic E-state index is -1.09.